The largest absolute Gasteiger partial charge is 0.492 e. The third-order valence-electron chi connectivity index (χ3n) is 6.00. The van der Waals surface area contributed by atoms with E-state index in [1.807, 2.05) is 24.9 Å². The molecule has 2 aromatic carbocycles. The first kappa shape index (κ1) is 25.0. The van der Waals surface area contributed by atoms with E-state index in [0.717, 1.165) is 11.6 Å². The number of fused-ring (bicyclic) bond motifs is 1. The number of amides is 1. The number of benzene rings is 2. The molecule has 186 valence electrons. The van der Waals surface area contributed by atoms with Crippen molar-refractivity contribution in [2.75, 3.05) is 13.2 Å². The number of halogens is 3. The first-order valence-corrected chi connectivity index (χ1v) is 11.6. The fraction of sp³-hybridized carbons (Fsp3) is 0.296. The molecule has 6 nitrogen and oxygen atoms in total. The molecule has 4 rings (SSSR count). The lowest BCUT2D eigenvalue weighted by Gasteiger charge is -2.25. The summed E-state index contributed by atoms with van der Waals surface area (Å²) in [6, 6.07) is 10.1. The molecule has 0 radical (unpaired) electrons. The van der Waals surface area contributed by atoms with Gasteiger partial charge in [0.05, 0.1) is 35.4 Å². The third-order valence-corrected chi connectivity index (χ3v) is 6.00. The van der Waals surface area contributed by atoms with Crippen molar-refractivity contribution in [1.82, 2.24) is 10.2 Å². The van der Waals surface area contributed by atoms with Crippen LogP contribution in [-0.4, -0.2) is 35.8 Å². The number of ether oxygens (including phenoxy) is 1. The van der Waals surface area contributed by atoms with Crippen LogP contribution in [0, 0.1) is 17.1 Å². The number of nitrogens with zero attached hydrogens (tertiary/aromatic N) is 3. The van der Waals surface area contributed by atoms with Gasteiger partial charge in [-0.15, -0.1) is 0 Å². The Morgan fingerprint density at radius 1 is 1.31 bits per heavy atom. The lowest BCUT2D eigenvalue weighted by molar-refractivity contribution is -0.117. The summed E-state index contributed by atoms with van der Waals surface area (Å²) >= 11 is 0. The molecule has 0 fully saturated rings. The van der Waals surface area contributed by atoms with E-state index in [2.05, 4.69) is 16.4 Å². The number of rotatable bonds is 7. The summed E-state index contributed by atoms with van der Waals surface area (Å²) in [5.41, 5.74) is 1.39. The van der Waals surface area contributed by atoms with Crippen molar-refractivity contribution in [2.24, 2.45) is 4.99 Å². The fourth-order valence-corrected chi connectivity index (χ4v) is 4.28. The Balaban J connectivity index is 1.67. The first-order chi connectivity index (χ1) is 17.2. The van der Waals surface area contributed by atoms with Crippen LogP contribution in [0.5, 0.6) is 5.75 Å². The van der Waals surface area contributed by atoms with E-state index in [1.54, 1.807) is 24.3 Å². The zero-order chi connectivity index (χ0) is 26.0. The Morgan fingerprint density at radius 2 is 2.06 bits per heavy atom. The van der Waals surface area contributed by atoms with E-state index >= 15 is 0 Å². The Bertz CT molecular complexity index is 1330. The Labute approximate surface area is 207 Å². The molecule has 2 atom stereocenters. The molecule has 1 N–H and O–H groups in total. The van der Waals surface area contributed by atoms with Crippen LogP contribution in [0.2, 0.25) is 0 Å². The molecule has 0 aliphatic carbocycles. The first-order valence-electron chi connectivity index (χ1n) is 11.6. The number of hydrogen-bond acceptors (Lipinski definition) is 5. The second-order valence-corrected chi connectivity index (χ2v) is 8.60. The number of alkyl halides is 2. The summed E-state index contributed by atoms with van der Waals surface area (Å²) in [6.07, 6.45) is 0.600. The summed E-state index contributed by atoms with van der Waals surface area (Å²) in [4.78, 5) is 19.8. The zero-order valence-electron chi connectivity index (χ0n) is 20.1. The molecule has 36 heavy (non-hydrogen) atoms. The molecule has 1 amide bonds. The topological polar surface area (TPSA) is 77.7 Å². The molecule has 2 aliphatic rings. The van der Waals surface area contributed by atoms with Crippen LogP contribution >= 0.6 is 0 Å². The predicted molar refractivity (Wildman–Crippen MR) is 130 cm³/mol. The van der Waals surface area contributed by atoms with E-state index < -0.39 is 29.8 Å². The molecule has 0 spiro atoms. The lowest BCUT2D eigenvalue weighted by atomic mass is 9.97. The van der Waals surface area contributed by atoms with Gasteiger partial charge in [0.2, 0.25) is 0 Å². The molecule has 0 saturated heterocycles. The monoisotopic (exact) mass is 494 g/mol. The van der Waals surface area contributed by atoms with Gasteiger partial charge in [0.25, 0.3) is 12.3 Å². The highest BCUT2D eigenvalue weighted by Crippen LogP contribution is 2.32. The molecule has 0 unspecified atom stereocenters. The van der Waals surface area contributed by atoms with Crippen LogP contribution < -0.4 is 10.1 Å². The van der Waals surface area contributed by atoms with Gasteiger partial charge >= 0.3 is 0 Å². The Morgan fingerprint density at radius 3 is 2.75 bits per heavy atom. The van der Waals surface area contributed by atoms with E-state index in [-0.39, 0.29) is 17.2 Å². The number of carbonyl (C=O) groups is 1. The number of allylic oxidation sites excluding steroid dienone is 2. The summed E-state index contributed by atoms with van der Waals surface area (Å²) in [7, 11) is 0. The maximum absolute atomic E-state index is 14.7. The van der Waals surface area contributed by atoms with Gasteiger partial charge in [-0.05, 0) is 50.1 Å². The molecule has 2 heterocycles. The maximum atomic E-state index is 14.7. The number of carbonyl (C=O) groups excluding carboxylic acids is 1. The van der Waals surface area contributed by atoms with E-state index in [1.165, 1.54) is 19.1 Å². The van der Waals surface area contributed by atoms with Gasteiger partial charge in [-0.25, -0.2) is 13.2 Å². The van der Waals surface area contributed by atoms with Gasteiger partial charge in [0, 0.05) is 18.3 Å². The van der Waals surface area contributed by atoms with Crippen LogP contribution in [-0.2, 0) is 4.79 Å². The summed E-state index contributed by atoms with van der Waals surface area (Å²) in [5, 5.41) is 12.1. The number of amidine groups is 1. The summed E-state index contributed by atoms with van der Waals surface area (Å²) in [6.45, 7) is 6.25. The fourth-order valence-electron chi connectivity index (χ4n) is 4.28. The third kappa shape index (κ3) is 4.85. The number of nitrogens with one attached hydrogen (secondary N) is 1. The number of aliphatic imine (C=N–C) groups is 1. The molecule has 0 bridgehead atoms. The normalized spacial score (nSPS) is 17.6. The van der Waals surface area contributed by atoms with Crippen LogP contribution in [0.4, 0.5) is 13.2 Å². The molecule has 9 heteroatoms. The van der Waals surface area contributed by atoms with Crippen LogP contribution in [0.25, 0.3) is 5.57 Å². The van der Waals surface area contributed by atoms with Crippen molar-refractivity contribution in [2.45, 2.75) is 39.3 Å². The van der Waals surface area contributed by atoms with Crippen LogP contribution in [0.3, 0.4) is 0 Å². The van der Waals surface area contributed by atoms with Gasteiger partial charge in [-0.1, -0.05) is 24.3 Å². The molecule has 0 aromatic heterocycles. The van der Waals surface area contributed by atoms with Crippen molar-refractivity contribution >= 4 is 17.3 Å². The van der Waals surface area contributed by atoms with Gasteiger partial charge in [-0.3, -0.25) is 9.79 Å². The minimum absolute atomic E-state index is 0.0274. The minimum Gasteiger partial charge on any atom is -0.492 e. The van der Waals surface area contributed by atoms with E-state index in [0.29, 0.717) is 35.9 Å². The van der Waals surface area contributed by atoms with Crippen molar-refractivity contribution in [3.05, 3.63) is 82.3 Å². The number of hydrogen-bond donors (Lipinski definition) is 1. The second kappa shape index (κ2) is 10.3. The summed E-state index contributed by atoms with van der Waals surface area (Å²) in [5.74, 6) is -0.619. The second-order valence-electron chi connectivity index (χ2n) is 8.60. The smallest absolute Gasteiger partial charge is 0.266 e. The van der Waals surface area contributed by atoms with Crippen molar-refractivity contribution in [3.63, 3.8) is 0 Å². The summed E-state index contributed by atoms with van der Waals surface area (Å²) < 4.78 is 46.6. The molecular formula is C27H25F3N4O2. The van der Waals surface area contributed by atoms with Crippen molar-refractivity contribution < 1.29 is 22.7 Å². The average Bonchev–Trinajstić information content (AvgIpc) is 3.23. The van der Waals surface area contributed by atoms with Crippen molar-refractivity contribution in [1.29, 1.82) is 5.26 Å². The van der Waals surface area contributed by atoms with E-state index in [4.69, 9.17) is 4.74 Å². The van der Waals surface area contributed by atoms with Crippen LogP contribution in [0.1, 0.15) is 55.5 Å². The quantitative estimate of drug-likeness (QED) is 0.567. The van der Waals surface area contributed by atoms with Crippen LogP contribution in [0.15, 0.2) is 59.2 Å². The Kier molecular flexibility index (Phi) is 7.15. The highest BCUT2D eigenvalue weighted by Gasteiger charge is 2.32. The molecular weight excluding hydrogens is 469 g/mol. The zero-order valence-corrected chi connectivity index (χ0v) is 20.1. The molecule has 0 saturated carbocycles. The van der Waals surface area contributed by atoms with Gasteiger partial charge in [0.15, 0.2) is 0 Å². The molecule has 2 aliphatic heterocycles. The van der Waals surface area contributed by atoms with Gasteiger partial charge in [0.1, 0.15) is 23.5 Å². The molecule has 2 aromatic rings. The minimum atomic E-state index is -2.96. The van der Waals surface area contributed by atoms with Gasteiger partial charge < -0.3 is 15.0 Å². The standard InChI is InChI=1S/C27H25F3N4O2/c1-4-36-23-11-17(8-9-18(23)12-31)19-10-22(26-32-15(2)13-34(26)14-19)27(35)33-16(3)20-6-5-7-21(24(20)28)25(29)30/h5-11,14-16,25H,4,13H2,1-3H3,(H,33,35)/t15-,16-/m1/s1. The highest BCUT2D eigenvalue weighted by atomic mass is 19.3. The number of nitriles is 1. The Hall–Kier alpha value is -4.06. The van der Waals surface area contributed by atoms with E-state index in [9.17, 15) is 23.2 Å². The average molecular weight is 495 g/mol. The maximum Gasteiger partial charge on any atom is 0.266 e. The highest BCUT2D eigenvalue weighted by molar-refractivity contribution is 6.24. The lowest BCUT2D eigenvalue weighted by Crippen LogP contribution is -2.37. The van der Waals surface area contributed by atoms with Gasteiger partial charge in [-0.2, -0.15) is 5.26 Å². The van der Waals surface area contributed by atoms with Crippen molar-refractivity contribution in [3.8, 4) is 11.8 Å². The predicted octanol–water partition coefficient (Wildman–Crippen LogP) is 5.29. The SMILES string of the molecule is CCOc1cc(C2=CN3C[C@@H](C)N=C3C(C(=O)N[C@H](C)c3cccc(C(F)F)c3F)=C2)ccc1C#N.